The van der Waals surface area contributed by atoms with Crippen LogP contribution in [-0.2, 0) is 9.53 Å². The highest BCUT2D eigenvalue weighted by atomic mass is 35.5. The zero-order valence-electron chi connectivity index (χ0n) is 14.2. The summed E-state index contributed by atoms with van der Waals surface area (Å²) in [4.78, 5) is 32.9. The van der Waals surface area contributed by atoms with Gasteiger partial charge in [0, 0.05) is 23.1 Å². The molecule has 0 bridgehead atoms. The Hall–Kier alpha value is -2.99. The van der Waals surface area contributed by atoms with Crippen LogP contribution >= 0.6 is 11.6 Å². The fourth-order valence-corrected chi connectivity index (χ4v) is 2.52. The van der Waals surface area contributed by atoms with Gasteiger partial charge in [0.25, 0.3) is 5.91 Å². The Kier molecular flexibility index (Phi) is 5.14. The molecule has 6 nitrogen and oxygen atoms in total. The molecule has 0 spiro atoms. The van der Waals surface area contributed by atoms with Crippen LogP contribution in [0.3, 0.4) is 0 Å². The summed E-state index contributed by atoms with van der Waals surface area (Å²) in [6, 6.07) is 10.0. The first-order chi connectivity index (χ1) is 12.5. The summed E-state index contributed by atoms with van der Waals surface area (Å²) in [6.07, 6.45) is 2.14. The number of fused-ring (bicyclic) bond motifs is 1. The van der Waals surface area contributed by atoms with Crippen LogP contribution < -0.4 is 5.32 Å². The second kappa shape index (κ2) is 7.49. The van der Waals surface area contributed by atoms with Gasteiger partial charge in [-0.05, 0) is 49.7 Å². The molecule has 3 rings (SSSR count). The van der Waals surface area contributed by atoms with Gasteiger partial charge >= 0.3 is 5.97 Å². The van der Waals surface area contributed by atoms with Crippen molar-refractivity contribution >= 4 is 40.2 Å². The smallest absolute Gasteiger partial charge is 0.338 e. The van der Waals surface area contributed by atoms with Gasteiger partial charge in [0.1, 0.15) is 0 Å². The number of nitrogens with one attached hydrogen (secondary N) is 1. The molecule has 2 aromatic carbocycles. The van der Waals surface area contributed by atoms with Crippen LogP contribution in [0.1, 0.15) is 22.8 Å². The van der Waals surface area contributed by atoms with Crippen LogP contribution in [0.4, 0.5) is 5.69 Å². The number of rotatable bonds is 4. The lowest BCUT2D eigenvalue weighted by Crippen LogP contribution is -2.30. The summed E-state index contributed by atoms with van der Waals surface area (Å²) in [6.45, 7) is 3.30. The van der Waals surface area contributed by atoms with E-state index in [4.69, 9.17) is 16.3 Å². The van der Waals surface area contributed by atoms with E-state index >= 15 is 0 Å². The number of benzene rings is 2. The maximum absolute atomic E-state index is 12.3. The molecule has 0 saturated carbocycles. The largest absolute Gasteiger partial charge is 0.449 e. The van der Waals surface area contributed by atoms with E-state index in [1.807, 2.05) is 0 Å². The third-order valence-electron chi connectivity index (χ3n) is 3.88. The summed E-state index contributed by atoms with van der Waals surface area (Å²) in [5.41, 5.74) is 2.87. The lowest BCUT2D eigenvalue weighted by atomic mass is 10.2. The van der Waals surface area contributed by atoms with Crippen LogP contribution in [0.25, 0.3) is 11.0 Å². The van der Waals surface area contributed by atoms with E-state index < -0.39 is 18.0 Å². The molecule has 3 aromatic rings. The molecule has 7 heteroatoms. The number of halogens is 1. The number of esters is 1. The molecule has 132 valence electrons. The van der Waals surface area contributed by atoms with Crippen LogP contribution in [0, 0.1) is 6.92 Å². The normalized spacial score (nSPS) is 11.8. The molecule has 26 heavy (non-hydrogen) atoms. The number of anilines is 1. The maximum atomic E-state index is 12.3. The molecule has 0 unspecified atom stereocenters. The molecule has 1 aromatic heterocycles. The number of hydrogen-bond acceptors (Lipinski definition) is 5. The Bertz CT molecular complexity index is 991. The first-order valence-corrected chi connectivity index (χ1v) is 8.31. The number of amides is 1. The van der Waals surface area contributed by atoms with Gasteiger partial charge in [-0.3, -0.25) is 14.8 Å². The van der Waals surface area contributed by atoms with Crippen molar-refractivity contribution in [1.82, 2.24) is 9.97 Å². The molecule has 1 amide bonds. The van der Waals surface area contributed by atoms with Gasteiger partial charge < -0.3 is 10.1 Å². The van der Waals surface area contributed by atoms with Gasteiger partial charge in [0.15, 0.2) is 6.10 Å². The van der Waals surface area contributed by atoms with Crippen molar-refractivity contribution in [2.75, 3.05) is 5.32 Å². The minimum atomic E-state index is -0.974. The number of nitrogens with zero attached hydrogens (tertiary/aromatic N) is 2. The molecule has 1 atom stereocenters. The van der Waals surface area contributed by atoms with Crippen molar-refractivity contribution in [1.29, 1.82) is 0 Å². The molecule has 1 N–H and O–H groups in total. The van der Waals surface area contributed by atoms with E-state index in [2.05, 4.69) is 15.3 Å². The average Bonchev–Trinajstić information content (AvgIpc) is 2.64. The van der Waals surface area contributed by atoms with E-state index in [0.29, 0.717) is 27.3 Å². The third kappa shape index (κ3) is 3.81. The monoisotopic (exact) mass is 369 g/mol. The van der Waals surface area contributed by atoms with E-state index in [-0.39, 0.29) is 0 Å². The van der Waals surface area contributed by atoms with E-state index in [9.17, 15) is 9.59 Å². The highest BCUT2D eigenvalue weighted by Crippen LogP contribution is 2.23. The first-order valence-electron chi connectivity index (χ1n) is 7.93. The Labute approximate surface area is 155 Å². The predicted octanol–water partition coefficient (Wildman–Crippen LogP) is 3.78. The van der Waals surface area contributed by atoms with Crippen molar-refractivity contribution in [3.8, 4) is 0 Å². The van der Waals surface area contributed by atoms with Crippen LogP contribution in [0.15, 0.2) is 48.8 Å². The first kappa shape index (κ1) is 17.8. The molecule has 0 radical (unpaired) electrons. The van der Waals surface area contributed by atoms with Crippen LogP contribution in [0.5, 0.6) is 0 Å². The molecule has 0 aliphatic carbocycles. The average molecular weight is 370 g/mol. The second-order valence-electron chi connectivity index (χ2n) is 5.71. The molecular weight excluding hydrogens is 354 g/mol. The quantitative estimate of drug-likeness (QED) is 0.708. The lowest BCUT2D eigenvalue weighted by molar-refractivity contribution is -0.123. The Morgan fingerprint density at radius 2 is 1.85 bits per heavy atom. The number of ether oxygens (including phenoxy) is 1. The van der Waals surface area contributed by atoms with Crippen LogP contribution in [0.2, 0.25) is 5.02 Å². The maximum Gasteiger partial charge on any atom is 0.338 e. The lowest BCUT2D eigenvalue weighted by Gasteiger charge is -2.15. The third-order valence-corrected chi connectivity index (χ3v) is 4.29. The Morgan fingerprint density at radius 1 is 1.12 bits per heavy atom. The van der Waals surface area contributed by atoms with Gasteiger partial charge in [0.2, 0.25) is 0 Å². The predicted molar refractivity (Wildman–Crippen MR) is 99.2 cm³/mol. The topological polar surface area (TPSA) is 81.2 Å². The zero-order valence-corrected chi connectivity index (χ0v) is 14.9. The zero-order chi connectivity index (χ0) is 18.7. The number of carbonyl (C=O) groups is 2. The van der Waals surface area contributed by atoms with E-state index in [1.54, 1.807) is 55.7 Å². The van der Waals surface area contributed by atoms with Crippen molar-refractivity contribution < 1.29 is 14.3 Å². The highest BCUT2D eigenvalue weighted by Gasteiger charge is 2.20. The fraction of sp³-hybridized carbons (Fsp3) is 0.158. The number of hydrogen-bond donors (Lipinski definition) is 1. The minimum Gasteiger partial charge on any atom is -0.449 e. The summed E-state index contributed by atoms with van der Waals surface area (Å²) in [7, 11) is 0. The molecule has 0 saturated heterocycles. The van der Waals surface area contributed by atoms with Crippen LogP contribution in [-0.4, -0.2) is 27.9 Å². The standard InChI is InChI=1S/C19H16ClN3O3/c1-11-14(20)4-3-5-15(11)23-18(24)12(2)26-19(25)13-6-7-16-17(10-13)22-9-8-21-16/h3-10,12H,1-2H3,(H,23,24)/t12-/m0/s1. The van der Waals surface area contributed by atoms with Crippen molar-refractivity contribution in [2.45, 2.75) is 20.0 Å². The SMILES string of the molecule is Cc1c(Cl)cccc1NC(=O)[C@H](C)OC(=O)c1ccc2nccnc2c1. The second-order valence-corrected chi connectivity index (χ2v) is 6.12. The minimum absolute atomic E-state index is 0.302. The van der Waals surface area contributed by atoms with Gasteiger partial charge in [-0.25, -0.2) is 4.79 Å². The van der Waals surface area contributed by atoms with Crippen molar-refractivity contribution in [3.63, 3.8) is 0 Å². The van der Waals surface area contributed by atoms with Crippen molar-refractivity contribution in [2.24, 2.45) is 0 Å². The van der Waals surface area contributed by atoms with Gasteiger partial charge in [0.05, 0.1) is 16.6 Å². The Balaban J connectivity index is 1.69. The molecule has 0 fully saturated rings. The Morgan fingerprint density at radius 3 is 2.62 bits per heavy atom. The van der Waals surface area contributed by atoms with Gasteiger partial charge in [-0.1, -0.05) is 17.7 Å². The summed E-state index contributed by atoms with van der Waals surface area (Å²) in [5, 5.41) is 3.26. The molecule has 0 aliphatic heterocycles. The molecular formula is C19H16ClN3O3. The van der Waals surface area contributed by atoms with Gasteiger partial charge in [-0.15, -0.1) is 0 Å². The van der Waals surface area contributed by atoms with Crippen molar-refractivity contribution in [3.05, 3.63) is 64.9 Å². The van der Waals surface area contributed by atoms with Gasteiger partial charge in [-0.2, -0.15) is 0 Å². The molecule has 0 aliphatic rings. The summed E-state index contributed by atoms with van der Waals surface area (Å²) < 4.78 is 5.26. The summed E-state index contributed by atoms with van der Waals surface area (Å²) in [5.74, 6) is -1.05. The fourth-order valence-electron chi connectivity index (χ4n) is 2.35. The molecule has 1 heterocycles. The number of carbonyl (C=O) groups excluding carboxylic acids is 2. The number of aromatic nitrogens is 2. The van der Waals surface area contributed by atoms with E-state index in [0.717, 1.165) is 5.56 Å². The highest BCUT2D eigenvalue weighted by molar-refractivity contribution is 6.31. The summed E-state index contributed by atoms with van der Waals surface area (Å²) >= 11 is 6.04. The van der Waals surface area contributed by atoms with E-state index in [1.165, 1.54) is 6.92 Å².